The van der Waals surface area contributed by atoms with Gasteiger partial charge < -0.3 is 39.3 Å². The van der Waals surface area contributed by atoms with Crippen LogP contribution in [0.25, 0.3) is 34.2 Å². The molecule has 0 atom stereocenters. The molecular weight excluding hydrogens is 879 g/mol. The van der Waals surface area contributed by atoms with Gasteiger partial charge in [-0.2, -0.15) is 0 Å². The van der Waals surface area contributed by atoms with E-state index in [2.05, 4.69) is 56.9 Å². The Bertz CT molecular complexity index is 2860. The molecule has 2 aliphatic rings. The van der Waals surface area contributed by atoms with Crippen LogP contribution in [0.3, 0.4) is 0 Å². The van der Waals surface area contributed by atoms with E-state index in [1.54, 1.807) is 61.2 Å². The zero-order chi connectivity index (χ0) is 44.3. The van der Waals surface area contributed by atoms with Crippen LogP contribution in [-0.2, 0) is 13.1 Å². The topological polar surface area (TPSA) is 204 Å². The molecule has 0 aliphatic carbocycles. The third-order valence-corrected chi connectivity index (χ3v) is 10.4. The molecule has 8 aromatic rings. The molecule has 0 saturated heterocycles. The predicted octanol–water partition coefficient (Wildman–Crippen LogP) is 6.55. The number of nitrogens with zero attached hydrogens (tertiary/aromatic N) is 8. The van der Waals surface area contributed by atoms with Gasteiger partial charge in [-0.05, 0) is 84.0 Å². The van der Waals surface area contributed by atoms with Crippen molar-refractivity contribution in [1.29, 1.82) is 0 Å². The zero-order valence-electron chi connectivity index (χ0n) is 34.2. The summed E-state index contributed by atoms with van der Waals surface area (Å²) in [5.41, 5.74) is 4.76. The maximum Gasteiger partial charge on any atom is 0.488 e. The third kappa shape index (κ3) is 10.7. The quantitative estimate of drug-likeness (QED) is 0.137. The summed E-state index contributed by atoms with van der Waals surface area (Å²) in [7, 11) is -1.34. The number of aromatic nitrogens is 8. The Balaban J connectivity index is 0.000000148. The van der Waals surface area contributed by atoms with E-state index in [4.69, 9.17) is 19.5 Å². The molecule has 6 heterocycles. The monoisotopic (exact) mass is 918 g/mol. The first kappa shape index (κ1) is 43.1. The van der Waals surface area contributed by atoms with Gasteiger partial charge in [-0.15, -0.1) is 20.4 Å². The van der Waals surface area contributed by atoms with Gasteiger partial charge in [0.25, 0.3) is 11.8 Å². The predicted molar refractivity (Wildman–Crippen MR) is 245 cm³/mol. The fourth-order valence-corrected chi connectivity index (χ4v) is 7.13. The highest BCUT2D eigenvalue weighted by molar-refractivity contribution is 9.10. The van der Waals surface area contributed by atoms with Gasteiger partial charge in [0.05, 0.1) is 24.3 Å². The lowest BCUT2D eigenvalue weighted by Gasteiger charge is -2.13. The number of amides is 2. The van der Waals surface area contributed by atoms with Crippen LogP contribution in [0.15, 0.2) is 151 Å². The third-order valence-electron chi connectivity index (χ3n) is 9.89. The van der Waals surface area contributed by atoms with Crippen LogP contribution in [-0.4, -0.2) is 81.7 Å². The van der Waals surface area contributed by atoms with Crippen LogP contribution in [0.2, 0.25) is 0 Å². The number of nitrogens with one attached hydrogen (secondary N) is 2. The Labute approximate surface area is 376 Å². The number of carbonyl (C=O) groups is 2. The summed E-state index contributed by atoms with van der Waals surface area (Å²) in [4.78, 5) is 34.9. The molecule has 0 saturated carbocycles. The summed E-state index contributed by atoms with van der Waals surface area (Å²) in [5.74, 6) is 2.76. The van der Waals surface area contributed by atoms with Gasteiger partial charge in [-0.3, -0.25) is 9.59 Å². The maximum absolute atomic E-state index is 13.1. The van der Waals surface area contributed by atoms with Gasteiger partial charge in [0.15, 0.2) is 11.6 Å². The summed E-state index contributed by atoms with van der Waals surface area (Å²) >= 11 is 3.40. The Morgan fingerprint density at radius 1 is 0.578 bits per heavy atom. The molecule has 0 unspecified atom stereocenters. The van der Waals surface area contributed by atoms with Crippen molar-refractivity contribution in [2.45, 2.75) is 25.9 Å². The SMILES string of the molecule is O=C1Nc2cccc(n2)-c2nncn2CCCOc2ccc(-c3ccccc3)cc21.O=C1Nc2cccc(n2)-c2nncn2CCCOc2ccc(Br)cc21.OB(O)c1ccccc1. The van der Waals surface area contributed by atoms with Gasteiger partial charge in [-0.25, -0.2) is 9.97 Å². The molecule has 4 bridgehead atoms. The molecule has 16 nitrogen and oxygen atoms in total. The summed E-state index contributed by atoms with van der Waals surface area (Å²) in [6.07, 6.45) is 4.85. The first-order valence-electron chi connectivity index (χ1n) is 20.3. The Morgan fingerprint density at radius 3 is 1.62 bits per heavy atom. The van der Waals surface area contributed by atoms with Gasteiger partial charge in [0.1, 0.15) is 47.2 Å². The summed E-state index contributed by atoms with van der Waals surface area (Å²) in [5, 5.41) is 39.2. The van der Waals surface area contributed by atoms with Crippen molar-refractivity contribution >= 4 is 52.0 Å². The molecular formula is C46H40BBrN10O6. The van der Waals surface area contributed by atoms with Crippen LogP contribution in [0.1, 0.15) is 33.6 Å². The van der Waals surface area contributed by atoms with Crippen molar-refractivity contribution < 1.29 is 29.1 Å². The van der Waals surface area contributed by atoms with Gasteiger partial charge in [0.2, 0.25) is 0 Å². The largest absolute Gasteiger partial charge is 0.493 e. The van der Waals surface area contributed by atoms with Crippen molar-refractivity contribution in [3.05, 3.63) is 162 Å². The van der Waals surface area contributed by atoms with Crippen LogP contribution in [0, 0.1) is 0 Å². The van der Waals surface area contributed by atoms with Gasteiger partial charge in [-0.1, -0.05) is 94.8 Å². The number of hydrogen-bond acceptors (Lipinski definition) is 12. The fourth-order valence-electron chi connectivity index (χ4n) is 6.77. The van der Waals surface area contributed by atoms with Crippen LogP contribution in [0.4, 0.5) is 11.6 Å². The molecule has 64 heavy (non-hydrogen) atoms. The van der Waals surface area contributed by atoms with Crippen molar-refractivity contribution in [3.63, 3.8) is 0 Å². The van der Waals surface area contributed by atoms with Crippen LogP contribution in [0.5, 0.6) is 11.5 Å². The lowest BCUT2D eigenvalue weighted by atomic mass is 9.81. The van der Waals surface area contributed by atoms with Crippen LogP contribution >= 0.6 is 15.9 Å². The lowest BCUT2D eigenvalue weighted by Crippen LogP contribution is -2.29. The smallest absolute Gasteiger partial charge is 0.488 e. The molecule has 2 amide bonds. The van der Waals surface area contributed by atoms with Gasteiger partial charge in [0, 0.05) is 17.6 Å². The van der Waals surface area contributed by atoms with Crippen molar-refractivity contribution in [3.8, 4) is 45.7 Å². The van der Waals surface area contributed by atoms with E-state index in [-0.39, 0.29) is 11.8 Å². The lowest BCUT2D eigenvalue weighted by molar-refractivity contribution is 0.101. The fraction of sp³-hybridized carbons (Fsp3) is 0.130. The number of fused-ring (bicyclic) bond motifs is 10. The second-order valence-corrected chi connectivity index (χ2v) is 15.2. The first-order chi connectivity index (χ1) is 31.3. The summed E-state index contributed by atoms with van der Waals surface area (Å²) in [6, 6.07) is 40.5. The minimum Gasteiger partial charge on any atom is -0.493 e. The number of hydrogen-bond donors (Lipinski definition) is 4. The average Bonchev–Trinajstić information content (AvgIpc) is 4.01. The summed E-state index contributed by atoms with van der Waals surface area (Å²) < 4.78 is 16.5. The Morgan fingerprint density at radius 2 is 1.09 bits per heavy atom. The van der Waals surface area contributed by atoms with Gasteiger partial charge >= 0.3 is 7.12 Å². The first-order valence-corrected chi connectivity index (χ1v) is 21.1. The van der Waals surface area contributed by atoms with Crippen molar-refractivity contribution in [2.75, 3.05) is 23.8 Å². The molecule has 4 N–H and O–H groups in total. The normalized spacial score (nSPS) is 13.1. The molecule has 2 aliphatic heterocycles. The highest BCUT2D eigenvalue weighted by Crippen LogP contribution is 2.29. The highest BCUT2D eigenvalue weighted by atomic mass is 79.9. The molecule has 0 spiro atoms. The van der Waals surface area contributed by atoms with E-state index in [1.807, 2.05) is 94.1 Å². The number of carbonyl (C=O) groups excluding carboxylic acids is 2. The molecule has 4 aromatic heterocycles. The molecule has 0 radical (unpaired) electrons. The average molecular weight is 920 g/mol. The Hall–Kier alpha value is -7.54. The maximum atomic E-state index is 13.1. The van der Waals surface area contributed by atoms with E-state index < -0.39 is 7.12 Å². The molecule has 0 fully saturated rings. The highest BCUT2D eigenvalue weighted by Gasteiger charge is 2.19. The van der Waals surface area contributed by atoms with E-state index >= 15 is 0 Å². The Kier molecular flexibility index (Phi) is 13.9. The standard InChI is InChI=1S/C23H19N5O2.C17H14BrN5O2.C6H7BO2/c29-23-18-14-17(16-6-2-1-3-7-16)10-11-20(18)30-13-5-12-28-15-24-27-22(28)19-8-4-9-21(25-19)26-23;18-11-5-6-14-12(9-11)17(24)21-15-4-1-3-13(20-15)16-22-19-10-23(16)7-2-8-25-14;8-7(9)6-4-2-1-3-5-6/h1-4,6-11,14-15H,5,12-13H2,(H,25,26,29);1,3-6,9-10H,2,7-8H2,(H,20,21,24);1-5,8-9H. The number of pyridine rings is 2. The molecule has 4 aromatic carbocycles. The summed E-state index contributed by atoms with van der Waals surface area (Å²) in [6.45, 7) is 2.33. The number of rotatable bonds is 2. The van der Waals surface area contributed by atoms with E-state index in [1.165, 1.54) is 0 Å². The number of anilines is 2. The minimum absolute atomic E-state index is 0.270. The number of benzene rings is 4. The number of aryl methyl sites for hydroxylation is 2. The number of halogens is 1. The second kappa shape index (κ2) is 20.6. The number of ether oxygens (including phenoxy) is 2. The van der Waals surface area contributed by atoms with E-state index in [0.717, 1.165) is 28.4 Å². The van der Waals surface area contributed by atoms with Crippen LogP contribution < -0.4 is 25.6 Å². The van der Waals surface area contributed by atoms with E-state index in [0.29, 0.717) is 89.1 Å². The van der Waals surface area contributed by atoms with Crippen molar-refractivity contribution in [2.24, 2.45) is 0 Å². The molecule has 18 heteroatoms. The second-order valence-electron chi connectivity index (χ2n) is 14.3. The minimum atomic E-state index is -1.34. The zero-order valence-corrected chi connectivity index (χ0v) is 35.7. The van der Waals surface area contributed by atoms with Crippen molar-refractivity contribution in [1.82, 2.24) is 39.5 Å². The molecule has 320 valence electrons. The van der Waals surface area contributed by atoms with E-state index in [9.17, 15) is 9.59 Å². The molecule has 10 rings (SSSR count).